The van der Waals surface area contributed by atoms with Gasteiger partial charge in [0.2, 0.25) is 0 Å². The number of hydrogen-bond acceptors (Lipinski definition) is 4. The Labute approximate surface area is 132 Å². The molecule has 0 bridgehead atoms. The number of aromatic nitrogens is 1. The van der Waals surface area contributed by atoms with Gasteiger partial charge in [-0.05, 0) is 46.4 Å². The first-order chi connectivity index (χ1) is 9.83. The predicted molar refractivity (Wildman–Crippen MR) is 81.8 cm³/mol. The number of halogens is 4. The highest BCUT2D eigenvalue weighted by Gasteiger charge is 2.31. The zero-order valence-corrected chi connectivity index (χ0v) is 12.8. The van der Waals surface area contributed by atoms with Crippen LogP contribution in [-0.4, -0.2) is 11.3 Å². The van der Waals surface area contributed by atoms with Gasteiger partial charge in [0.05, 0.1) is 5.69 Å². The molecule has 0 atom stereocenters. The maximum atomic E-state index is 12.2. The molecular weight excluding hydrogens is 398 g/mol. The van der Waals surface area contributed by atoms with Crippen molar-refractivity contribution in [3.63, 3.8) is 0 Å². The third kappa shape index (κ3) is 4.96. The number of alkyl halides is 3. The number of benzene rings is 1. The molecule has 8 heteroatoms. The number of nitrogens with two attached hydrogens (primary N) is 1. The third-order valence-electron chi connectivity index (χ3n) is 2.50. The third-order valence-corrected chi connectivity index (χ3v) is 3.09. The number of rotatable bonds is 4. The van der Waals surface area contributed by atoms with Gasteiger partial charge in [-0.15, -0.1) is 13.2 Å². The zero-order valence-electron chi connectivity index (χ0n) is 10.6. The second-order valence-electron chi connectivity index (χ2n) is 4.14. The van der Waals surface area contributed by atoms with Crippen LogP contribution in [0.25, 0.3) is 0 Å². The lowest BCUT2D eigenvalue weighted by molar-refractivity contribution is -0.274. The second kappa shape index (κ2) is 6.37. The van der Waals surface area contributed by atoms with Crippen molar-refractivity contribution in [1.29, 1.82) is 0 Å². The molecule has 0 unspecified atom stereocenters. The minimum Gasteiger partial charge on any atom is -0.406 e. The number of ether oxygens (including phenoxy) is 1. The largest absolute Gasteiger partial charge is 0.573 e. The van der Waals surface area contributed by atoms with Gasteiger partial charge in [0.15, 0.2) is 0 Å². The molecular formula is C13H11F3IN3O. The van der Waals surface area contributed by atoms with Gasteiger partial charge in [-0.25, -0.2) is 4.98 Å². The molecule has 0 saturated carbocycles. The first kappa shape index (κ1) is 15.7. The van der Waals surface area contributed by atoms with Crippen LogP contribution in [0.15, 0.2) is 36.5 Å². The molecule has 0 fully saturated rings. The van der Waals surface area contributed by atoms with E-state index in [-0.39, 0.29) is 5.75 Å². The lowest BCUT2D eigenvalue weighted by Gasteiger charge is -2.12. The smallest absolute Gasteiger partial charge is 0.406 e. The highest BCUT2D eigenvalue weighted by molar-refractivity contribution is 14.1. The van der Waals surface area contributed by atoms with E-state index in [0.717, 1.165) is 3.57 Å². The molecule has 0 spiro atoms. The summed E-state index contributed by atoms with van der Waals surface area (Å²) in [5, 5.41) is 3.03. The molecule has 112 valence electrons. The Morgan fingerprint density at radius 1 is 1.29 bits per heavy atom. The molecule has 1 aromatic carbocycles. The summed E-state index contributed by atoms with van der Waals surface area (Å²) in [6.45, 7) is 0.307. The van der Waals surface area contributed by atoms with Gasteiger partial charge >= 0.3 is 6.36 Å². The van der Waals surface area contributed by atoms with Gasteiger partial charge in [0, 0.05) is 16.3 Å². The van der Waals surface area contributed by atoms with E-state index in [9.17, 15) is 13.2 Å². The Bertz CT molecular complexity index is 634. The molecule has 0 radical (unpaired) electrons. The van der Waals surface area contributed by atoms with Crippen LogP contribution in [0.5, 0.6) is 5.75 Å². The summed E-state index contributed by atoms with van der Waals surface area (Å²) in [4.78, 5) is 3.99. The van der Waals surface area contributed by atoms with Crippen LogP contribution in [0, 0.1) is 3.57 Å². The molecule has 2 rings (SSSR count). The molecule has 1 aromatic heterocycles. The molecule has 4 nitrogen and oxygen atoms in total. The average molecular weight is 409 g/mol. The van der Waals surface area contributed by atoms with Crippen molar-refractivity contribution in [2.75, 3.05) is 11.1 Å². The predicted octanol–water partition coefficient (Wildman–Crippen LogP) is 3.78. The van der Waals surface area contributed by atoms with Gasteiger partial charge < -0.3 is 15.8 Å². The van der Waals surface area contributed by atoms with Crippen LogP contribution in [0.4, 0.5) is 24.7 Å². The van der Waals surface area contributed by atoms with Crippen molar-refractivity contribution in [1.82, 2.24) is 4.98 Å². The maximum Gasteiger partial charge on any atom is 0.573 e. The van der Waals surface area contributed by atoms with E-state index in [2.05, 4.69) is 37.6 Å². The van der Waals surface area contributed by atoms with Crippen LogP contribution in [0.3, 0.4) is 0 Å². The van der Waals surface area contributed by atoms with E-state index in [1.165, 1.54) is 18.2 Å². The summed E-state index contributed by atoms with van der Waals surface area (Å²) in [5.74, 6) is 0.0775. The zero-order chi connectivity index (χ0) is 15.5. The lowest BCUT2D eigenvalue weighted by atomic mass is 10.2. The van der Waals surface area contributed by atoms with Crippen molar-refractivity contribution in [3.05, 3.63) is 45.7 Å². The fourth-order valence-corrected chi connectivity index (χ4v) is 2.09. The van der Waals surface area contributed by atoms with Crippen molar-refractivity contribution in [2.24, 2.45) is 0 Å². The number of nitrogens with one attached hydrogen (secondary N) is 1. The minimum absolute atomic E-state index is 0.254. The van der Waals surface area contributed by atoms with Crippen LogP contribution >= 0.6 is 22.6 Å². The highest BCUT2D eigenvalue weighted by Crippen LogP contribution is 2.24. The van der Waals surface area contributed by atoms with Crippen LogP contribution in [0.2, 0.25) is 0 Å². The Kier molecular flexibility index (Phi) is 4.76. The highest BCUT2D eigenvalue weighted by atomic mass is 127. The first-order valence-electron chi connectivity index (χ1n) is 5.83. The maximum absolute atomic E-state index is 12.2. The number of nitrogen functional groups attached to an aromatic ring is 1. The normalized spacial score (nSPS) is 11.2. The number of hydrogen-bond donors (Lipinski definition) is 2. The quantitative estimate of drug-likeness (QED) is 0.755. The SMILES string of the molecule is Nc1ncc(I)cc1NCc1cccc(OC(F)(F)F)c1. The van der Waals surface area contributed by atoms with Crippen molar-refractivity contribution >= 4 is 34.1 Å². The van der Waals surface area contributed by atoms with E-state index in [1.54, 1.807) is 18.3 Å². The van der Waals surface area contributed by atoms with Crippen molar-refractivity contribution in [3.8, 4) is 5.75 Å². The Morgan fingerprint density at radius 2 is 2.05 bits per heavy atom. The average Bonchev–Trinajstić information content (AvgIpc) is 2.38. The second-order valence-corrected chi connectivity index (χ2v) is 5.38. The molecule has 3 N–H and O–H groups in total. The Balaban J connectivity index is 2.06. The number of nitrogens with zero attached hydrogens (tertiary/aromatic N) is 1. The summed E-state index contributed by atoms with van der Waals surface area (Å²) < 4.78 is 41.2. The molecule has 0 aliphatic rings. The molecule has 0 aliphatic heterocycles. The molecule has 1 heterocycles. The molecule has 0 amide bonds. The summed E-state index contributed by atoms with van der Waals surface area (Å²) >= 11 is 2.09. The van der Waals surface area contributed by atoms with E-state index < -0.39 is 6.36 Å². The monoisotopic (exact) mass is 409 g/mol. The minimum atomic E-state index is -4.70. The van der Waals surface area contributed by atoms with E-state index in [0.29, 0.717) is 23.6 Å². The van der Waals surface area contributed by atoms with Crippen LogP contribution in [-0.2, 0) is 6.54 Å². The molecule has 21 heavy (non-hydrogen) atoms. The molecule has 0 aliphatic carbocycles. The summed E-state index contributed by atoms with van der Waals surface area (Å²) in [6, 6.07) is 7.55. The Morgan fingerprint density at radius 3 is 2.76 bits per heavy atom. The van der Waals surface area contributed by atoms with E-state index in [4.69, 9.17) is 5.73 Å². The fraction of sp³-hybridized carbons (Fsp3) is 0.154. The lowest BCUT2D eigenvalue weighted by Crippen LogP contribution is -2.17. The summed E-state index contributed by atoms with van der Waals surface area (Å²) in [7, 11) is 0. The van der Waals surface area contributed by atoms with Gasteiger partial charge in [-0.1, -0.05) is 12.1 Å². The topological polar surface area (TPSA) is 60.2 Å². The summed E-state index contributed by atoms with van der Waals surface area (Å²) in [6.07, 6.45) is -3.07. The van der Waals surface area contributed by atoms with Gasteiger partial charge in [0.25, 0.3) is 0 Å². The van der Waals surface area contributed by atoms with E-state index >= 15 is 0 Å². The van der Waals surface area contributed by atoms with Gasteiger partial charge in [0.1, 0.15) is 11.6 Å². The standard InChI is InChI=1S/C13H11F3IN3O/c14-13(15,16)21-10-3-1-2-8(4-10)6-19-11-5-9(17)7-20-12(11)18/h1-5,7,19H,6H2,(H2,18,20). The number of anilines is 2. The molecule has 2 aromatic rings. The van der Waals surface area contributed by atoms with Gasteiger partial charge in [-0.2, -0.15) is 0 Å². The first-order valence-corrected chi connectivity index (χ1v) is 6.91. The van der Waals surface area contributed by atoms with Crippen molar-refractivity contribution < 1.29 is 17.9 Å². The fourth-order valence-electron chi connectivity index (χ4n) is 1.64. The van der Waals surface area contributed by atoms with E-state index in [1.807, 2.05) is 0 Å². The van der Waals surface area contributed by atoms with Gasteiger partial charge in [-0.3, -0.25) is 0 Å². The van der Waals surface area contributed by atoms with Crippen LogP contribution < -0.4 is 15.8 Å². The number of pyridine rings is 1. The Hall–Kier alpha value is -1.71. The summed E-state index contributed by atoms with van der Waals surface area (Å²) in [5.41, 5.74) is 6.98. The molecule has 0 saturated heterocycles. The van der Waals surface area contributed by atoms with Crippen molar-refractivity contribution in [2.45, 2.75) is 12.9 Å². The van der Waals surface area contributed by atoms with Crippen LogP contribution in [0.1, 0.15) is 5.56 Å².